The summed E-state index contributed by atoms with van der Waals surface area (Å²) in [7, 11) is 1.87. The van der Waals surface area contributed by atoms with Crippen molar-refractivity contribution in [2.45, 2.75) is 37.9 Å². The fourth-order valence-corrected chi connectivity index (χ4v) is 3.40. The van der Waals surface area contributed by atoms with E-state index in [2.05, 4.69) is 0 Å². The largest absolute Gasteiger partial charge is 0.408 e. The number of piperidine rings is 1. The summed E-state index contributed by atoms with van der Waals surface area (Å²) in [6.07, 6.45) is -1.36. The number of aryl methyl sites for hydroxylation is 1. The third kappa shape index (κ3) is 3.07. The fourth-order valence-electron chi connectivity index (χ4n) is 3.40. The Bertz CT molecular complexity index is 720. The average molecular weight is 324 g/mol. The molecule has 3 nitrogen and oxygen atoms in total. The van der Waals surface area contributed by atoms with Crippen molar-refractivity contribution in [2.24, 2.45) is 7.05 Å². The van der Waals surface area contributed by atoms with Gasteiger partial charge in [0.15, 0.2) is 0 Å². The Morgan fingerprint density at radius 3 is 2.74 bits per heavy atom. The zero-order valence-corrected chi connectivity index (χ0v) is 12.9. The van der Waals surface area contributed by atoms with Crippen molar-refractivity contribution in [1.29, 1.82) is 0 Å². The van der Waals surface area contributed by atoms with Gasteiger partial charge in [-0.25, -0.2) is 0 Å². The van der Waals surface area contributed by atoms with E-state index in [1.54, 1.807) is 0 Å². The van der Waals surface area contributed by atoms with Crippen LogP contribution in [0.15, 0.2) is 30.5 Å². The van der Waals surface area contributed by atoms with E-state index in [1.165, 1.54) is 0 Å². The van der Waals surface area contributed by atoms with Gasteiger partial charge in [-0.2, -0.15) is 13.2 Å². The van der Waals surface area contributed by atoms with Gasteiger partial charge in [-0.05, 0) is 30.9 Å². The number of rotatable bonds is 2. The van der Waals surface area contributed by atoms with Gasteiger partial charge in [-0.15, -0.1) is 0 Å². The normalized spacial score (nSPS) is 19.3. The Labute approximate surface area is 132 Å². The summed E-state index contributed by atoms with van der Waals surface area (Å²) in [6, 6.07) is 5.96. The van der Waals surface area contributed by atoms with Crippen molar-refractivity contribution in [1.82, 2.24) is 9.47 Å². The molecule has 0 N–H and O–H groups in total. The van der Waals surface area contributed by atoms with Gasteiger partial charge in [0.1, 0.15) is 6.04 Å². The first kappa shape index (κ1) is 15.9. The first-order valence-corrected chi connectivity index (χ1v) is 7.77. The van der Waals surface area contributed by atoms with Crippen molar-refractivity contribution in [3.63, 3.8) is 0 Å². The number of fused-ring (bicyclic) bond motifs is 1. The highest BCUT2D eigenvalue weighted by molar-refractivity contribution is 5.89. The molecule has 124 valence electrons. The Morgan fingerprint density at radius 2 is 2.00 bits per heavy atom. The summed E-state index contributed by atoms with van der Waals surface area (Å²) in [4.78, 5) is 13.5. The van der Waals surface area contributed by atoms with Crippen LogP contribution in [-0.4, -0.2) is 34.1 Å². The number of hydrogen-bond acceptors (Lipinski definition) is 1. The number of aromatic nitrogens is 1. The molecular weight excluding hydrogens is 305 g/mol. The van der Waals surface area contributed by atoms with E-state index in [0.717, 1.165) is 21.4 Å². The number of nitrogens with zero attached hydrogens (tertiary/aromatic N) is 2. The van der Waals surface area contributed by atoms with Crippen molar-refractivity contribution < 1.29 is 18.0 Å². The molecule has 6 heteroatoms. The Hall–Kier alpha value is -1.98. The summed E-state index contributed by atoms with van der Waals surface area (Å²) in [5, 5.41) is 0.920. The third-order valence-electron chi connectivity index (χ3n) is 4.52. The lowest BCUT2D eigenvalue weighted by Gasteiger charge is -2.36. The van der Waals surface area contributed by atoms with E-state index in [1.807, 2.05) is 42.1 Å². The second kappa shape index (κ2) is 5.91. The molecule has 23 heavy (non-hydrogen) atoms. The van der Waals surface area contributed by atoms with Crippen LogP contribution in [0.25, 0.3) is 10.9 Å². The molecule has 1 saturated heterocycles. The summed E-state index contributed by atoms with van der Waals surface area (Å²) < 4.78 is 41.3. The van der Waals surface area contributed by atoms with Crippen LogP contribution < -0.4 is 0 Å². The number of amides is 1. The second-order valence-electron chi connectivity index (χ2n) is 6.10. The van der Waals surface area contributed by atoms with Crippen LogP contribution in [-0.2, 0) is 18.3 Å². The third-order valence-corrected chi connectivity index (χ3v) is 4.52. The molecule has 3 rings (SSSR count). The Balaban J connectivity index is 1.85. The number of halogens is 3. The molecule has 0 bridgehead atoms. The molecule has 0 saturated carbocycles. The first-order chi connectivity index (χ1) is 10.9. The van der Waals surface area contributed by atoms with Crippen molar-refractivity contribution in [3.8, 4) is 0 Å². The molecule has 0 radical (unpaired) electrons. The molecule has 2 heterocycles. The molecule has 0 spiro atoms. The van der Waals surface area contributed by atoms with Crippen LogP contribution in [0, 0.1) is 0 Å². The molecule has 1 aliphatic rings. The van der Waals surface area contributed by atoms with Crippen LogP contribution >= 0.6 is 0 Å². The van der Waals surface area contributed by atoms with E-state index in [0.29, 0.717) is 12.8 Å². The standard InChI is InChI=1S/C17H19F3N2O/c1-21-11-12(13-6-2-3-7-14(13)21)10-16(23)22-9-5-4-8-15(22)17(18,19)20/h2-3,6-7,11,15H,4-5,8-10H2,1H3. The van der Waals surface area contributed by atoms with Gasteiger partial charge < -0.3 is 9.47 Å². The van der Waals surface area contributed by atoms with Gasteiger partial charge in [0.2, 0.25) is 5.91 Å². The van der Waals surface area contributed by atoms with Gasteiger partial charge in [-0.1, -0.05) is 18.2 Å². The number of hydrogen-bond donors (Lipinski definition) is 0. The second-order valence-corrected chi connectivity index (χ2v) is 6.10. The predicted octanol–water partition coefficient (Wildman–Crippen LogP) is 3.66. The number of likely N-dealkylation sites (tertiary alicyclic amines) is 1. The lowest BCUT2D eigenvalue weighted by Crippen LogP contribution is -2.51. The smallest absolute Gasteiger partial charge is 0.350 e. The van der Waals surface area contributed by atoms with Crippen LogP contribution in [0.2, 0.25) is 0 Å². The van der Waals surface area contributed by atoms with Crippen LogP contribution in [0.1, 0.15) is 24.8 Å². The molecule has 0 aliphatic carbocycles. The lowest BCUT2D eigenvalue weighted by molar-refractivity contribution is -0.195. The summed E-state index contributed by atoms with van der Waals surface area (Å²) in [6.45, 7) is 0.188. The lowest BCUT2D eigenvalue weighted by atomic mass is 10.00. The van der Waals surface area contributed by atoms with E-state index in [-0.39, 0.29) is 19.4 Å². The highest BCUT2D eigenvalue weighted by Gasteiger charge is 2.46. The molecule has 1 aliphatic heterocycles. The number of carbonyl (C=O) groups excluding carboxylic acids is 1. The fraction of sp³-hybridized carbons (Fsp3) is 0.471. The highest BCUT2D eigenvalue weighted by atomic mass is 19.4. The summed E-state index contributed by atoms with van der Waals surface area (Å²) in [5.41, 5.74) is 1.75. The molecule has 1 atom stereocenters. The Morgan fingerprint density at radius 1 is 1.26 bits per heavy atom. The molecule has 1 aromatic carbocycles. The van der Waals surface area contributed by atoms with Gasteiger partial charge in [0.25, 0.3) is 0 Å². The maximum Gasteiger partial charge on any atom is 0.408 e. The first-order valence-electron chi connectivity index (χ1n) is 7.77. The highest BCUT2D eigenvalue weighted by Crippen LogP contribution is 2.32. The SMILES string of the molecule is Cn1cc(CC(=O)N2CCCCC2C(F)(F)F)c2ccccc21. The molecule has 1 aromatic heterocycles. The van der Waals surface area contributed by atoms with E-state index >= 15 is 0 Å². The summed E-state index contributed by atoms with van der Waals surface area (Å²) in [5.74, 6) is -0.441. The van der Waals surface area contributed by atoms with E-state index < -0.39 is 18.1 Å². The number of carbonyl (C=O) groups is 1. The number of alkyl halides is 3. The molecule has 1 amide bonds. The van der Waals surface area contributed by atoms with Gasteiger partial charge in [0, 0.05) is 30.7 Å². The van der Waals surface area contributed by atoms with Crippen molar-refractivity contribution in [2.75, 3.05) is 6.54 Å². The quantitative estimate of drug-likeness (QED) is 0.827. The van der Waals surface area contributed by atoms with Crippen molar-refractivity contribution in [3.05, 3.63) is 36.0 Å². The van der Waals surface area contributed by atoms with E-state index in [4.69, 9.17) is 0 Å². The van der Waals surface area contributed by atoms with Crippen molar-refractivity contribution >= 4 is 16.8 Å². The average Bonchev–Trinajstić information content (AvgIpc) is 2.83. The molecule has 1 fully saturated rings. The van der Waals surface area contributed by atoms with Gasteiger partial charge >= 0.3 is 6.18 Å². The van der Waals surface area contributed by atoms with Gasteiger partial charge in [0.05, 0.1) is 6.42 Å². The van der Waals surface area contributed by atoms with E-state index in [9.17, 15) is 18.0 Å². The topological polar surface area (TPSA) is 25.2 Å². The zero-order valence-electron chi connectivity index (χ0n) is 12.9. The van der Waals surface area contributed by atoms with Gasteiger partial charge in [-0.3, -0.25) is 4.79 Å². The monoisotopic (exact) mass is 324 g/mol. The Kier molecular flexibility index (Phi) is 4.08. The maximum absolute atomic E-state index is 13.1. The number of benzene rings is 1. The van der Waals surface area contributed by atoms with Crippen LogP contribution in [0.5, 0.6) is 0 Å². The minimum Gasteiger partial charge on any atom is -0.350 e. The number of para-hydroxylation sites is 1. The molecule has 1 unspecified atom stereocenters. The maximum atomic E-state index is 13.1. The minimum atomic E-state index is -4.35. The zero-order chi connectivity index (χ0) is 16.6. The predicted molar refractivity (Wildman–Crippen MR) is 82.0 cm³/mol. The summed E-state index contributed by atoms with van der Waals surface area (Å²) >= 11 is 0. The van der Waals surface area contributed by atoms with Crippen LogP contribution in [0.3, 0.4) is 0 Å². The molecule has 2 aromatic rings. The minimum absolute atomic E-state index is 0.00474. The molecular formula is C17H19F3N2O. The van der Waals surface area contributed by atoms with Crippen LogP contribution in [0.4, 0.5) is 13.2 Å².